The fraction of sp³-hybridized carbons (Fsp3) is 0.312. The topological polar surface area (TPSA) is 71.2 Å². The first-order chi connectivity index (χ1) is 10.5. The Morgan fingerprint density at radius 2 is 1.91 bits per heavy atom. The third kappa shape index (κ3) is 2.72. The summed E-state index contributed by atoms with van der Waals surface area (Å²) < 4.78 is 1.76. The monoisotopic (exact) mass is 298 g/mol. The van der Waals surface area contributed by atoms with Gasteiger partial charge in [0.2, 0.25) is 0 Å². The summed E-state index contributed by atoms with van der Waals surface area (Å²) >= 11 is 0. The van der Waals surface area contributed by atoms with Gasteiger partial charge in [0.15, 0.2) is 5.82 Å². The lowest BCUT2D eigenvalue weighted by atomic mass is 9.98. The molecule has 1 aromatic heterocycles. The number of amides is 1. The largest absolute Gasteiger partial charge is 0.465 e. The van der Waals surface area contributed by atoms with Crippen molar-refractivity contribution in [1.29, 1.82) is 0 Å². The summed E-state index contributed by atoms with van der Waals surface area (Å²) in [6.45, 7) is 2.92. The first-order valence-corrected chi connectivity index (χ1v) is 7.20. The van der Waals surface area contributed by atoms with E-state index in [4.69, 9.17) is 5.11 Å². The summed E-state index contributed by atoms with van der Waals surface area (Å²) in [5, 5.41) is 13.3. The van der Waals surface area contributed by atoms with E-state index in [1.165, 1.54) is 10.5 Å². The highest BCUT2D eigenvalue weighted by molar-refractivity contribution is 5.72. The minimum Gasteiger partial charge on any atom is -0.465 e. The summed E-state index contributed by atoms with van der Waals surface area (Å²) in [5.41, 5.74) is 3.30. The summed E-state index contributed by atoms with van der Waals surface area (Å²) in [7, 11) is 1.88. The SMILES string of the molecule is Cc1nc(-c2ccc(C3=CCN(C(=O)O)CC3)cc2)nn1C. The molecule has 1 aromatic carbocycles. The van der Waals surface area contributed by atoms with Crippen molar-refractivity contribution >= 4 is 11.7 Å². The molecule has 0 aliphatic carbocycles. The van der Waals surface area contributed by atoms with E-state index in [0.717, 1.165) is 29.2 Å². The van der Waals surface area contributed by atoms with Crippen LogP contribution in [0.3, 0.4) is 0 Å². The van der Waals surface area contributed by atoms with Crippen molar-refractivity contribution in [2.75, 3.05) is 13.1 Å². The third-order valence-electron chi connectivity index (χ3n) is 3.97. The molecule has 0 radical (unpaired) electrons. The highest BCUT2D eigenvalue weighted by Gasteiger charge is 2.16. The minimum atomic E-state index is -0.859. The average Bonchev–Trinajstić information content (AvgIpc) is 2.87. The zero-order valence-corrected chi connectivity index (χ0v) is 12.7. The number of carbonyl (C=O) groups is 1. The van der Waals surface area contributed by atoms with Gasteiger partial charge in [-0.05, 0) is 24.5 Å². The molecule has 2 aromatic rings. The number of hydrogen-bond acceptors (Lipinski definition) is 3. The maximum absolute atomic E-state index is 10.9. The summed E-state index contributed by atoms with van der Waals surface area (Å²) in [6.07, 6.45) is 1.87. The fourth-order valence-corrected chi connectivity index (χ4v) is 2.52. The fourth-order valence-electron chi connectivity index (χ4n) is 2.52. The molecule has 2 heterocycles. The normalized spacial score (nSPS) is 14.8. The number of rotatable bonds is 2. The maximum atomic E-state index is 10.9. The van der Waals surface area contributed by atoms with Crippen molar-refractivity contribution < 1.29 is 9.90 Å². The Kier molecular flexibility index (Phi) is 3.66. The molecule has 0 saturated heterocycles. The van der Waals surface area contributed by atoms with Crippen LogP contribution in [0.4, 0.5) is 4.79 Å². The second-order valence-corrected chi connectivity index (χ2v) is 5.39. The molecule has 0 unspecified atom stereocenters. The maximum Gasteiger partial charge on any atom is 0.407 e. The van der Waals surface area contributed by atoms with E-state index in [2.05, 4.69) is 10.1 Å². The summed E-state index contributed by atoms with van der Waals surface area (Å²) in [4.78, 5) is 16.7. The standard InChI is InChI=1S/C16H18N4O2/c1-11-17-15(18-19(11)2)14-5-3-12(4-6-14)13-7-9-20(10-8-13)16(21)22/h3-7H,8-10H2,1-2H3,(H,21,22). The molecule has 1 amide bonds. The third-order valence-corrected chi connectivity index (χ3v) is 3.97. The predicted molar refractivity (Wildman–Crippen MR) is 83.4 cm³/mol. The Bertz CT molecular complexity index is 712. The molecule has 0 atom stereocenters. The van der Waals surface area contributed by atoms with E-state index in [1.54, 1.807) is 4.68 Å². The van der Waals surface area contributed by atoms with E-state index in [-0.39, 0.29) is 0 Å². The van der Waals surface area contributed by atoms with Gasteiger partial charge in [-0.2, -0.15) is 5.10 Å². The van der Waals surface area contributed by atoms with Crippen LogP contribution in [0, 0.1) is 6.92 Å². The lowest BCUT2D eigenvalue weighted by Crippen LogP contribution is -2.33. The molecule has 6 heteroatoms. The summed E-state index contributed by atoms with van der Waals surface area (Å²) in [5.74, 6) is 1.60. The van der Waals surface area contributed by atoms with E-state index in [1.807, 2.05) is 44.3 Å². The van der Waals surface area contributed by atoms with Crippen LogP contribution in [0.1, 0.15) is 17.8 Å². The molecule has 0 saturated carbocycles. The Balaban J connectivity index is 1.79. The first kappa shape index (κ1) is 14.3. The number of hydrogen-bond donors (Lipinski definition) is 1. The molecular weight excluding hydrogens is 280 g/mol. The second-order valence-electron chi connectivity index (χ2n) is 5.39. The molecule has 0 spiro atoms. The molecule has 3 rings (SSSR count). The Morgan fingerprint density at radius 3 is 2.41 bits per heavy atom. The molecule has 114 valence electrons. The van der Waals surface area contributed by atoms with Gasteiger partial charge in [0.05, 0.1) is 0 Å². The number of benzene rings is 1. The summed E-state index contributed by atoms with van der Waals surface area (Å²) in [6, 6.07) is 8.11. The minimum absolute atomic E-state index is 0.452. The number of carboxylic acid groups (broad SMARTS) is 1. The zero-order chi connectivity index (χ0) is 15.7. The van der Waals surface area contributed by atoms with Gasteiger partial charge in [-0.1, -0.05) is 30.3 Å². The van der Waals surface area contributed by atoms with Gasteiger partial charge in [0, 0.05) is 25.7 Å². The lowest BCUT2D eigenvalue weighted by Gasteiger charge is -2.23. The average molecular weight is 298 g/mol. The van der Waals surface area contributed by atoms with Crippen molar-refractivity contribution in [1.82, 2.24) is 19.7 Å². The molecular formula is C16H18N4O2. The van der Waals surface area contributed by atoms with Gasteiger partial charge in [-0.25, -0.2) is 9.78 Å². The predicted octanol–water partition coefficient (Wildman–Crippen LogP) is 2.56. The van der Waals surface area contributed by atoms with Gasteiger partial charge in [-0.3, -0.25) is 4.68 Å². The van der Waals surface area contributed by atoms with Crippen LogP contribution < -0.4 is 0 Å². The molecule has 6 nitrogen and oxygen atoms in total. The van der Waals surface area contributed by atoms with Gasteiger partial charge in [0.1, 0.15) is 5.82 Å². The van der Waals surface area contributed by atoms with Gasteiger partial charge in [-0.15, -0.1) is 0 Å². The van der Waals surface area contributed by atoms with Gasteiger partial charge in [0.25, 0.3) is 0 Å². The van der Waals surface area contributed by atoms with Crippen LogP contribution >= 0.6 is 0 Å². The zero-order valence-electron chi connectivity index (χ0n) is 12.7. The van der Waals surface area contributed by atoms with Crippen molar-refractivity contribution in [3.05, 3.63) is 41.7 Å². The van der Waals surface area contributed by atoms with Crippen LogP contribution in [0.5, 0.6) is 0 Å². The second kappa shape index (κ2) is 5.63. The number of nitrogens with zero attached hydrogens (tertiary/aromatic N) is 4. The van der Waals surface area contributed by atoms with Crippen molar-refractivity contribution in [2.24, 2.45) is 7.05 Å². The number of aromatic nitrogens is 3. The van der Waals surface area contributed by atoms with E-state index in [9.17, 15) is 4.79 Å². The van der Waals surface area contributed by atoms with Crippen LogP contribution in [-0.2, 0) is 7.05 Å². The Hall–Kier alpha value is -2.63. The quantitative estimate of drug-likeness (QED) is 0.925. The molecule has 0 fully saturated rings. The van der Waals surface area contributed by atoms with E-state index in [0.29, 0.717) is 13.1 Å². The first-order valence-electron chi connectivity index (χ1n) is 7.20. The number of aryl methyl sites for hydroxylation is 2. The van der Waals surface area contributed by atoms with E-state index >= 15 is 0 Å². The van der Waals surface area contributed by atoms with Crippen LogP contribution in [0.2, 0.25) is 0 Å². The van der Waals surface area contributed by atoms with Gasteiger partial charge >= 0.3 is 6.09 Å². The molecule has 1 aliphatic heterocycles. The molecule has 22 heavy (non-hydrogen) atoms. The Morgan fingerprint density at radius 1 is 1.23 bits per heavy atom. The molecule has 1 aliphatic rings. The smallest absolute Gasteiger partial charge is 0.407 e. The highest BCUT2D eigenvalue weighted by Crippen LogP contribution is 2.25. The highest BCUT2D eigenvalue weighted by atomic mass is 16.4. The van der Waals surface area contributed by atoms with E-state index < -0.39 is 6.09 Å². The van der Waals surface area contributed by atoms with Crippen LogP contribution in [0.25, 0.3) is 17.0 Å². The molecule has 0 bridgehead atoms. The molecule has 1 N–H and O–H groups in total. The van der Waals surface area contributed by atoms with Gasteiger partial charge < -0.3 is 10.0 Å². The van der Waals surface area contributed by atoms with Crippen LogP contribution in [-0.4, -0.2) is 44.0 Å². The van der Waals surface area contributed by atoms with Crippen molar-refractivity contribution in [2.45, 2.75) is 13.3 Å². The lowest BCUT2D eigenvalue weighted by molar-refractivity contribution is 0.150. The Labute approximate surface area is 128 Å². The van der Waals surface area contributed by atoms with Crippen LogP contribution in [0.15, 0.2) is 30.3 Å². The van der Waals surface area contributed by atoms with Crippen molar-refractivity contribution in [3.63, 3.8) is 0 Å². The van der Waals surface area contributed by atoms with Crippen molar-refractivity contribution in [3.8, 4) is 11.4 Å².